The quantitative estimate of drug-likeness (QED) is 0.0788. The van der Waals surface area contributed by atoms with Crippen LogP contribution >= 0.6 is 0 Å². The minimum atomic E-state index is -0.713. The number of carbonyl (C=O) groups is 2. The van der Waals surface area contributed by atoms with E-state index in [1.807, 2.05) is 19.1 Å². The highest BCUT2D eigenvalue weighted by molar-refractivity contribution is 5.69. The fourth-order valence-electron chi connectivity index (χ4n) is 3.91. The minimum absolute atomic E-state index is 0.321. The Morgan fingerprint density at radius 3 is 2.08 bits per heavy atom. The Balaban J connectivity index is 2.17. The highest BCUT2D eigenvalue weighted by atomic mass is 16.7. The molecule has 1 unspecified atom stereocenters. The molecule has 0 aliphatic heterocycles. The van der Waals surface area contributed by atoms with Crippen molar-refractivity contribution in [3.8, 4) is 5.75 Å². The van der Waals surface area contributed by atoms with Crippen molar-refractivity contribution in [3.63, 3.8) is 0 Å². The third kappa shape index (κ3) is 17.0. The number of rotatable bonds is 21. The normalized spacial score (nSPS) is 12.3. The molecule has 202 valence electrons. The Hall–Kier alpha value is -2.56. The van der Waals surface area contributed by atoms with Crippen molar-refractivity contribution < 1.29 is 24.2 Å². The molecule has 1 atom stereocenters. The average Bonchev–Trinajstić information content (AvgIpc) is 2.87. The van der Waals surface area contributed by atoms with Crippen LogP contribution in [0.4, 0.5) is 4.79 Å². The Morgan fingerprint density at radius 2 is 1.44 bits per heavy atom. The second-order valence-electron chi connectivity index (χ2n) is 9.44. The topological polar surface area (TPSA) is 72.8 Å². The zero-order valence-electron chi connectivity index (χ0n) is 22.6. The van der Waals surface area contributed by atoms with Crippen molar-refractivity contribution >= 4 is 12.1 Å². The number of unbranched alkanes of at least 4 members (excludes halogenated alkanes) is 8. The van der Waals surface area contributed by atoms with Gasteiger partial charge in [-0.3, -0.25) is 4.79 Å². The number of carboxylic acid groups (broad SMARTS) is 1. The molecule has 5 nitrogen and oxygen atoms in total. The van der Waals surface area contributed by atoms with Crippen LogP contribution in [-0.4, -0.2) is 23.8 Å². The number of aliphatic carboxylic acids is 1. The maximum atomic E-state index is 11.7. The second-order valence-corrected chi connectivity index (χ2v) is 9.44. The summed E-state index contributed by atoms with van der Waals surface area (Å²) in [6.45, 7) is 4.62. The van der Waals surface area contributed by atoms with Crippen LogP contribution in [0, 0.1) is 5.92 Å². The van der Waals surface area contributed by atoms with Crippen LogP contribution in [0.2, 0.25) is 0 Å². The van der Waals surface area contributed by atoms with E-state index in [2.05, 4.69) is 31.2 Å². The van der Waals surface area contributed by atoms with Crippen molar-refractivity contribution in [2.45, 2.75) is 110 Å². The molecule has 0 amide bonds. The molecule has 0 saturated heterocycles. The highest BCUT2D eigenvalue weighted by Gasteiger charge is 2.17. The highest BCUT2D eigenvalue weighted by Crippen LogP contribution is 2.20. The molecule has 0 bridgehead atoms. The molecule has 1 rings (SSSR count). The smallest absolute Gasteiger partial charge is 0.481 e. The van der Waals surface area contributed by atoms with E-state index in [9.17, 15) is 14.7 Å². The van der Waals surface area contributed by atoms with Crippen LogP contribution in [0.25, 0.3) is 0 Å². The fraction of sp³-hybridized carbons (Fsp3) is 0.613. The Morgan fingerprint density at radius 1 is 0.806 bits per heavy atom. The molecule has 0 aliphatic carbocycles. The van der Waals surface area contributed by atoms with Crippen LogP contribution < -0.4 is 4.74 Å². The molecule has 0 fully saturated rings. The van der Waals surface area contributed by atoms with Gasteiger partial charge in [-0.2, -0.15) is 0 Å². The van der Waals surface area contributed by atoms with E-state index in [1.54, 1.807) is 12.1 Å². The summed E-state index contributed by atoms with van der Waals surface area (Å²) in [5, 5.41) is 9.60. The zero-order chi connectivity index (χ0) is 26.3. The number of hydrogen-bond acceptors (Lipinski definition) is 4. The van der Waals surface area contributed by atoms with Crippen molar-refractivity contribution in [1.29, 1.82) is 0 Å². The number of benzene rings is 1. The van der Waals surface area contributed by atoms with E-state index in [0.717, 1.165) is 63.4 Å². The van der Waals surface area contributed by atoms with Gasteiger partial charge in [-0.05, 0) is 75.5 Å². The van der Waals surface area contributed by atoms with Crippen LogP contribution in [0.1, 0.15) is 109 Å². The van der Waals surface area contributed by atoms with Gasteiger partial charge in [-0.1, -0.05) is 88.8 Å². The summed E-state index contributed by atoms with van der Waals surface area (Å²) in [6, 6.07) is 7.21. The number of ether oxygens (including phenoxy) is 2. The zero-order valence-corrected chi connectivity index (χ0v) is 22.6. The third-order valence-electron chi connectivity index (χ3n) is 6.23. The molecular formula is C31H48O5. The lowest BCUT2D eigenvalue weighted by atomic mass is 9.94. The number of hydrogen-bond donors (Lipinski definition) is 1. The van der Waals surface area contributed by atoms with Crippen molar-refractivity contribution in [2.75, 3.05) is 6.61 Å². The number of allylic oxidation sites excluding steroid dienone is 4. The van der Waals surface area contributed by atoms with Crippen LogP contribution in [-0.2, 0) is 16.0 Å². The molecule has 1 aromatic rings. The van der Waals surface area contributed by atoms with E-state index >= 15 is 0 Å². The van der Waals surface area contributed by atoms with Gasteiger partial charge < -0.3 is 14.6 Å². The first-order valence-corrected chi connectivity index (χ1v) is 14.0. The molecule has 0 heterocycles. The van der Waals surface area contributed by atoms with Crippen LogP contribution in [0.5, 0.6) is 5.75 Å². The first kappa shape index (κ1) is 31.5. The summed E-state index contributed by atoms with van der Waals surface area (Å²) >= 11 is 0. The molecule has 5 heteroatoms. The van der Waals surface area contributed by atoms with E-state index < -0.39 is 12.1 Å². The summed E-state index contributed by atoms with van der Waals surface area (Å²) in [5.74, 6) is -0.599. The summed E-state index contributed by atoms with van der Waals surface area (Å²) < 4.78 is 10.1. The molecule has 0 aromatic heterocycles. The number of carboxylic acids is 1. The molecule has 0 radical (unpaired) electrons. The largest absolute Gasteiger partial charge is 0.513 e. The van der Waals surface area contributed by atoms with Gasteiger partial charge in [0.15, 0.2) is 0 Å². The molecule has 1 aromatic carbocycles. The maximum absolute atomic E-state index is 11.7. The lowest BCUT2D eigenvalue weighted by Gasteiger charge is -2.12. The minimum Gasteiger partial charge on any atom is -0.481 e. The average molecular weight is 501 g/mol. The summed E-state index contributed by atoms with van der Waals surface area (Å²) in [4.78, 5) is 23.3. The monoisotopic (exact) mass is 500 g/mol. The second kappa shape index (κ2) is 21.7. The predicted octanol–water partition coefficient (Wildman–Crippen LogP) is 9.06. The van der Waals surface area contributed by atoms with Gasteiger partial charge in [0.05, 0.1) is 12.5 Å². The van der Waals surface area contributed by atoms with Gasteiger partial charge >= 0.3 is 12.1 Å². The standard InChI is InChI=1S/C31H48O5/c1-3-5-7-8-9-10-11-12-13-14-15-16-17-18-19-28(30(32)33)23-20-27-21-24-29(25-22-27)36-31(34)35-26-6-4-2/h9-10,12-13,21-22,24-25,28H,3-8,11,14-20,23,26H2,1-2H3,(H,32,33)/b10-9-,13-12-. The SMILES string of the molecule is CCCCC/C=C\C/C=C\CCCCCCC(CCc1ccc(OC(=O)OCCCC)cc1)C(=O)O. The Labute approximate surface area is 219 Å². The maximum Gasteiger partial charge on any atom is 0.513 e. The molecule has 36 heavy (non-hydrogen) atoms. The first-order chi connectivity index (χ1) is 17.6. The summed E-state index contributed by atoms with van der Waals surface area (Å²) in [7, 11) is 0. The first-order valence-electron chi connectivity index (χ1n) is 14.0. The lowest BCUT2D eigenvalue weighted by molar-refractivity contribution is -0.142. The van der Waals surface area contributed by atoms with Crippen LogP contribution in [0.15, 0.2) is 48.6 Å². The molecular weight excluding hydrogens is 452 g/mol. The van der Waals surface area contributed by atoms with Gasteiger partial charge in [-0.15, -0.1) is 0 Å². The predicted molar refractivity (Wildman–Crippen MR) is 148 cm³/mol. The van der Waals surface area contributed by atoms with E-state index in [1.165, 1.54) is 25.7 Å². The summed E-state index contributed by atoms with van der Waals surface area (Å²) in [6.07, 6.45) is 23.7. The van der Waals surface area contributed by atoms with Crippen molar-refractivity contribution in [3.05, 3.63) is 54.1 Å². The molecule has 0 spiro atoms. The molecule has 1 N–H and O–H groups in total. The summed E-state index contributed by atoms with van der Waals surface area (Å²) in [5.41, 5.74) is 1.04. The van der Waals surface area contributed by atoms with E-state index in [4.69, 9.17) is 9.47 Å². The number of aryl methyl sites for hydroxylation is 1. The van der Waals surface area contributed by atoms with E-state index in [0.29, 0.717) is 25.2 Å². The van der Waals surface area contributed by atoms with E-state index in [-0.39, 0.29) is 5.92 Å². The molecule has 0 aliphatic rings. The molecule has 0 saturated carbocycles. The van der Waals surface area contributed by atoms with Crippen molar-refractivity contribution in [1.82, 2.24) is 0 Å². The van der Waals surface area contributed by atoms with Crippen molar-refractivity contribution in [2.24, 2.45) is 5.92 Å². The van der Waals surface area contributed by atoms with Gasteiger partial charge in [0.25, 0.3) is 0 Å². The van der Waals surface area contributed by atoms with Gasteiger partial charge in [0, 0.05) is 0 Å². The van der Waals surface area contributed by atoms with Gasteiger partial charge in [0.1, 0.15) is 5.75 Å². The van der Waals surface area contributed by atoms with Gasteiger partial charge in [-0.25, -0.2) is 4.79 Å². The van der Waals surface area contributed by atoms with Crippen LogP contribution in [0.3, 0.4) is 0 Å². The number of carbonyl (C=O) groups excluding carboxylic acids is 1. The Kier molecular flexibility index (Phi) is 19.0. The third-order valence-corrected chi connectivity index (χ3v) is 6.23. The van der Waals surface area contributed by atoms with Gasteiger partial charge in [0.2, 0.25) is 0 Å². The fourth-order valence-corrected chi connectivity index (χ4v) is 3.91. The Bertz CT molecular complexity index is 751. The lowest BCUT2D eigenvalue weighted by Crippen LogP contribution is -2.14.